The number of carbonyl (C=O) groups is 1. The molecule has 1 heterocycles. The number of aromatic nitrogens is 2. The van der Waals surface area contributed by atoms with Crippen LogP contribution in [0, 0.1) is 0 Å². The Morgan fingerprint density at radius 1 is 0.909 bits per heavy atom. The van der Waals surface area contributed by atoms with Crippen LogP contribution in [0.15, 0.2) is 70.7 Å². The molecule has 11 nitrogen and oxygen atoms in total. The lowest BCUT2D eigenvalue weighted by molar-refractivity contribution is 0.0952. The highest BCUT2D eigenvalue weighted by molar-refractivity contribution is 7.93. The molecule has 3 rings (SSSR count). The summed E-state index contributed by atoms with van der Waals surface area (Å²) in [6.07, 6.45) is 2.78. The average molecular weight is 492 g/mol. The first kappa shape index (κ1) is 23.9. The standard InChI is InChI=1S/C20H21N5O6S2/c1-3-21-19(26)17-13-16(9-10-18(17)31-2)33(29,30)24-14-5-7-15(8-6-14)32(27,28)25-20-22-11-4-12-23-20/h4-13,24H,3H2,1-2H3,(H,21,26)(H,22,23,25). The van der Waals surface area contributed by atoms with Crippen LogP contribution in [0.25, 0.3) is 0 Å². The Labute approximate surface area is 191 Å². The van der Waals surface area contributed by atoms with Gasteiger partial charge in [0.2, 0.25) is 5.95 Å². The molecule has 0 unspecified atom stereocenters. The van der Waals surface area contributed by atoms with Crippen molar-refractivity contribution in [2.24, 2.45) is 0 Å². The first-order chi connectivity index (χ1) is 15.7. The summed E-state index contributed by atoms with van der Waals surface area (Å²) in [5.74, 6) is -0.343. The van der Waals surface area contributed by atoms with Crippen molar-refractivity contribution in [2.45, 2.75) is 16.7 Å². The molecule has 0 atom stereocenters. The zero-order chi connectivity index (χ0) is 24.1. The van der Waals surface area contributed by atoms with Gasteiger partial charge in [-0.25, -0.2) is 31.5 Å². The van der Waals surface area contributed by atoms with Gasteiger partial charge in [0, 0.05) is 24.6 Å². The number of hydrogen-bond donors (Lipinski definition) is 3. The SMILES string of the molecule is CCNC(=O)c1cc(S(=O)(=O)Nc2ccc(S(=O)(=O)Nc3ncccn3)cc2)ccc1OC. The largest absolute Gasteiger partial charge is 0.496 e. The number of hydrogen-bond acceptors (Lipinski definition) is 8. The number of benzene rings is 2. The van der Waals surface area contributed by atoms with Crippen LogP contribution in [0.4, 0.5) is 11.6 Å². The summed E-state index contributed by atoms with van der Waals surface area (Å²) in [6, 6.07) is 10.5. The van der Waals surface area contributed by atoms with E-state index in [4.69, 9.17) is 4.74 Å². The number of anilines is 2. The molecule has 0 saturated carbocycles. The Kier molecular flexibility index (Phi) is 7.13. The molecule has 1 amide bonds. The van der Waals surface area contributed by atoms with E-state index in [-0.39, 0.29) is 32.7 Å². The van der Waals surface area contributed by atoms with E-state index in [9.17, 15) is 21.6 Å². The Hall–Kier alpha value is -3.71. The van der Waals surface area contributed by atoms with Crippen LogP contribution in [-0.4, -0.2) is 46.4 Å². The monoisotopic (exact) mass is 491 g/mol. The van der Waals surface area contributed by atoms with Crippen LogP contribution in [0.2, 0.25) is 0 Å². The number of ether oxygens (including phenoxy) is 1. The number of nitrogens with one attached hydrogen (secondary N) is 3. The highest BCUT2D eigenvalue weighted by Crippen LogP contribution is 2.25. The molecule has 174 valence electrons. The second-order valence-electron chi connectivity index (χ2n) is 6.53. The minimum absolute atomic E-state index is 0.0675. The molecular weight excluding hydrogens is 470 g/mol. The Balaban J connectivity index is 1.82. The first-order valence-electron chi connectivity index (χ1n) is 9.55. The molecule has 0 spiro atoms. The summed E-state index contributed by atoms with van der Waals surface area (Å²) in [5.41, 5.74) is 0.193. The van der Waals surface area contributed by atoms with Crippen molar-refractivity contribution in [1.29, 1.82) is 0 Å². The topological polar surface area (TPSA) is 156 Å². The minimum atomic E-state index is -4.08. The zero-order valence-electron chi connectivity index (χ0n) is 17.6. The number of sulfonamides is 2. The molecule has 13 heteroatoms. The van der Waals surface area contributed by atoms with Crippen LogP contribution >= 0.6 is 0 Å². The van der Waals surface area contributed by atoms with Crippen molar-refractivity contribution in [1.82, 2.24) is 15.3 Å². The summed E-state index contributed by atoms with van der Waals surface area (Å²) >= 11 is 0. The fourth-order valence-corrected chi connectivity index (χ4v) is 4.78. The van der Waals surface area contributed by atoms with Crippen molar-refractivity contribution in [3.05, 3.63) is 66.5 Å². The quantitative estimate of drug-likeness (QED) is 0.409. The smallest absolute Gasteiger partial charge is 0.264 e. The predicted octanol–water partition coefficient (Wildman–Crippen LogP) is 1.84. The number of rotatable bonds is 9. The average Bonchev–Trinajstić information content (AvgIpc) is 2.79. The summed E-state index contributed by atoms with van der Waals surface area (Å²) in [7, 11) is -6.67. The molecule has 1 aromatic heterocycles. The second kappa shape index (κ2) is 9.83. The molecule has 33 heavy (non-hydrogen) atoms. The maximum Gasteiger partial charge on any atom is 0.264 e. The molecule has 0 aliphatic rings. The van der Waals surface area contributed by atoms with E-state index in [1.165, 1.54) is 62.0 Å². The third kappa shape index (κ3) is 5.75. The molecule has 3 N–H and O–H groups in total. The lowest BCUT2D eigenvalue weighted by Gasteiger charge is -2.13. The van der Waals surface area contributed by atoms with Gasteiger partial charge < -0.3 is 10.1 Å². The van der Waals surface area contributed by atoms with Gasteiger partial charge in [-0.2, -0.15) is 0 Å². The third-order valence-corrected chi connectivity index (χ3v) is 6.99. The molecule has 0 bridgehead atoms. The third-order valence-electron chi connectivity index (χ3n) is 4.27. The van der Waals surface area contributed by atoms with Gasteiger partial charge >= 0.3 is 0 Å². The van der Waals surface area contributed by atoms with Crippen LogP contribution in [-0.2, 0) is 20.0 Å². The molecule has 0 aliphatic carbocycles. The highest BCUT2D eigenvalue weighted by Gasteiger charge is 2.21. The van der Waals surface area contributed by atoms with E-state index in [0.717, 1.165) is 0 Å². The summed E-state index contributed by atoms with van der Waals surface area (Å²) in [6.45, 7) is 2.09. The molecule has 0 radical (unpaired) electrons. The van der Waals surface area contributed by atoms with Crippen molar-refractivity contribution in [3.8, 4) is 5.75 Å². The lowest BCUT2D eigenvalue weighted by Crippen LogP contribution is -2.24. The van der Waals surface area contributed by atoms with E-state index in [1.807, 2.05) is 0 Å². The van der Waals surface area contributed by atoms with Crippen LogP contribution in [0.5, 0.6) is 5.75 Å². The molecule has 0 fully saturated rings. The summed E-state index contributed by atoms with van der Waals surface area (Å²) < 4.78 is 60.3. The van der Waals surface area contributed by atoms with Gasteiger partial charge in [0.05, 0.1) is 22.5 Å². The first-order valence-corrected chi connectivity index (χ1v) is 12.5. The summed E-state index contributed by atoms with van der Waals surface area (Å²) in [4.78, 5) is 19.6. The fraction of sp³-hybridized carbons (Fsp3) is 0.150. The molecule has 3 aromatic rings. The van der Waals surface area contributed by atoms with Gasteiger partial charge in [-0.05, 0) is 55.5 Å². The minimum Gasteiger partial charge on any atom is -0.496 e. The Bertz CT molecular complexity index is 1350. The van der Waals surface area contributed by atoms with Crippen LogP contribution in [0.3, 0.4) is 0 Å². The van der Waals surface area contributed by atoms with Gasteiger partial charge in [-0.15, -0.1) is 0 Å². The maximum atomic E-state index is 12.8. The molecule has 2 aromatic carbocycles. The Morgan fingerprint density at radius 2 is 1.52 bits per heavy atom. The summed E-state index contributed by atoms with van der Waals surface area (Å²) in [5, 5.41) is 2.60. The molecular formula is C20H21N5O6S2. The normalized spacial score (nSPS) is 11.5. The van der Waals surface area contributed by atoms with Gasteiger partial charge in [0.25, 0.3) is 26.0 Å². The molecule has 0 saturated heterocycles. The van der Waals surface area contributed by atoms with Gasteiger partial charge in [0.1, 0.15) is 5.75 Å². The van der Waals surface area contributed by atoms with E-state index in [0.29, 0.717) is 6.54 Å². The number of carbonyl (C=O) groups excluding carboxylic acids is 1. The van der Waals surface area contributed by atoms with Crippen molar-refractivity contribution >= 4 is 37.6 Å². The van der Waals surface area contributed by atoms with Crippen LogP contribution in [0.1, 0.15) is 17.3 Å². The number of amides is 1. The van der Waals surface area contributed by atoms with E-state index in [1.54, 1.807) is 13.0 Å². The van der Waals surface area contributed by atoms with Crippen molar-refractivity contribution in [2.75, 3.05) is 23.1 Å². The number of nitrogens with zero attached hydrogens (tertiary/aromatic N) is 2. The van der Waals surface area contributed by atoms with Crippen LogP contribution < -0.4 is 19.5 Å². The second-order valence-corrected chi connectivity index (χ2v) is 9.89. The van der Waals surface area contributed by atoms with Gasteiger partial charge in [-0.1, -0.05) is 0 Å². The van der Waals surface area contributed by atoms with E-state index >= 15 is 0 Å². The van der Waals surface area contributed by atoms with Crippen molar-refractivity contribution in [3.63, 3.8) is 0 Å². The Morgan fingerprint density at radius 3 is 2.12 bits per heavy atom. The highest BCUT2D eigenvalue weighted by atomic mass is 32.2. The predicted molar refractivity (Wildman–Crippen MR) is 121 cm³/mol. The number of methoxy groups -OCH3 is 1. The van der Waals surface area contributed by atoms with Gasteiger partial charge in [0.15, 0.2) is 0 Å². The van der Waals surface area contributed by atoms with E-state index < -0.39 is 26.0 Å². The fourth-order valence-electron chi connectivity index (χ4n) is 2.73. The molecule has 0 aliphatic heterocycles. The van der Waals surface area contributed by atoms with E-state index in [2.05, 4.69) is 24.7 Å². The maximum absolute atomic E-state index is 12.8. The van der Waals surface area contributed by atoms with Gasteiger partial charge in [-0.3, -0.25) is 9.52 Å². The van der Waals surface area contributed by atoms with Crippen molar-refractivity contribution < 1.29 is 26.4 Å². The zero-order valence-corrected chi connectivity index (χ0v) is 19.3. The lowest BCUT2D eigenvalue weighted by atomic mass is 10.2.